The molecule has 1 aromatic rings. The second-order valence-electron chi connectivity index (χ2n) is 6.94. The SMILES string of the molecule is O=C(O)C1CC(C2CCCCC2)CN1C(=O)OCc1ccccc1. The lowest BCUT2D eigenvalue weighted by Crippen LogP contribution is -2.40. The Labute approximate surface area is 142 Å². The topological polar surface area (TPSA) is 66.8 Å². The van der Waals surface area contributed by atoms with Crippen LogP contribution in [0, 0.1) is 11.8 Å². The fourth-order valence-electron chi connectivity index (χ4n) is 4.05. The number of hydrogen-bond donors (Lipinski definition) is 1. The molecule has 0 bridgehead atoms. The van der Waals surface area contributed by atoms with Crippen LogP contribution in [-0.2, 0) is 16.1 Å². The van der Waals surface area contributed by atoms with Crippen molar-refractivity contribution in [1.29, 1.82) is 0 Å². The maximum Gasteiger partial charge on any atom is 0.410 e. The summed E-state index contributed by atoms with van der Waals surface area (Å²) in [6.45, 7) is 0.686. The summed E-state index contributed by atoms with van der Waals surface area (Å²) >= 11 is 0. The van der Waals surface area contributed by atoms with E-state index in [0.717, 1.165) is 18.4 Å². The third-order valence-electron chi connectivity index (χ3n) is 5.37. The Morgan fingerprint density at radius 2 is 1.79 bits per heavy atom. The van der Waals surface area contributed by atoms with Gasteiger partial charge >= 0.3 is 12.1 Å². The van der Waals surface area contributed by atoms with Crippen molar-refractivity contribution in [1.82, 2.24) is 4.90 Å². The zero-order valence-corrected chi connectivity index (χ0v) is 13.9. The van der Waals surface area contributed by atoms with Crippen LogP contribution in [0.2, 0.25) is 0 Å². The number of ether oxygens (including phenoxy) is 1. The van der Waals surface area contributed by atoms with Crippen LogP contribution in [0.1, 0.15) is 44.1 Å². The fraction of sp³-hybridized carbons (Fsp3) is 0.579. The van der Waals surface area contributed by atoms with Gasteiger partial charge in [0.05, 0.1) is 0 Å². The number of nitrogens with zero attached hydrogens (tertiary/aromatic N) is 1. The van der Waals surface area contributed by atoms with Gasteiger partial charge in [0.1, 0.15) is 12.6 Å². The highest BCUT2D eigenvalue weighted by molar-refractivity contribution is 5.80. The number of carbonyl (C=O) groups is 2. The lowest BCUT2D eigenvalue weighted by atomic mass is 9.79. The van der Waals surface area contributed by atoms with E-state index in [2.05, 4.69) is 0 Å². The summed E-state index contributed by atoms with van der Waals surface area (Å²) in [5.41, 5.74) is 0.903. The average Bonchev–Trinajstić information content (AvgIpc) is 3.07. The molecule has 2 aliphatic rings. The number of rotatable bonds is 4. The van der Waals surface area contributed by atoms with E-state index in [4.69, 9.17) is 4.74 Å². The largest absolute Gasteiger partial charge is 0.480 e. The van der Waals surface area contributed by atoms with E-state index in [-0.39, 0.29) is 12.5 Å². The first-order chi connectivity index (χ1) is 11.6. The molecule has 1 aliphatic carbocycles. The van der Waals surface area contributed by atoms with Gasteiger partial charge < -0.3 is 9.84 Å². The molecule has 0 aromatic heterocycles. The van der Waals surface area contributed by atoms with Crippen molar-refractivity contribution < 1.29 is 19.4 Å². The Morgan fingerprint density at radius 3 is 2.46 bits per heavy atom. The maximum atomic E-state index is 12.4. The van der Waals surface area contributed by atoms with Gasteiger partial charge in [0, 0.05) is 6.54 Å². The second-order valence-corrected chi connectivity index (χ2v) is 6.94. The van der Waals surface area contributed by atoms with Crippen molar-refractivity contribution in [2.45, 2.75) is 51.2 Å². The number of benzene rings is 1. The Hall–Kier alpha value is -2.04. The highest BCUT2D eigenvalue weighted by atomic mass is 16.6. The van der Waals surface area contributed by atoms with Gasteiger partial charge in [0.2, 0.25) is 0 Å². The molecule has 2 unspecified atom stereocenters. The molecule has 1 N–H and O–H groups in total. The minimum absolute atomic E-state index is 0.177. The summed E-state index contributed by atoms with van der Waals surface area (Å²) in [5.74, 6) is -0.0897. The van der Waals surface area contributed by atoms with Crippen molar-refractivity contribution >= 4 is 12.1 Å². The van der Waals surface area contributed by atoms with E-state index in [1.807, 2.05) is 30.3 Å². The van der Waals surface area contributed by atoms with Gasteiger partial charge in [-0.1, -0.05) is 62.4 Å². The molecule has 1 aromatic carbocycles. The van der Waals surface area contributed by atoms with E-state index in [0.29, 0.717) is 18.9 Å². The van der Waals surface area contributed by atoms with Gasteiger partial charge in [0.15, 0.2) is 0 Å². The number of likely N-dealkylation sites (tertiary alicyclic amines) is 1. The normalized spacial score (nSPS) is 24.8. The summed E-state index contributed by atoms with van der Waals surface area (Å²) in [6, 6.07) is 8.70. The van der Waals surface area contributed by atoms with Crippen molar-refractivity contribution in [3.05, 3.63) is 35.9 Å². The van der Waals surface area contributed by atoms with Crippen molar-refractivity contribution in [2.24, 2.45) is 11.8 Å². The molecule has 130 valence electrons. The molecule has 2 fully saturated rings. The zero-order valence-electron chi connectivity index (χ0n) is 13.9. The number of carboxylic acids is 1. The molecule has 1 heterocycles. The van der Waals surface area contributed by atoms with Gasteiger partial charge in [-0.15, -0.1) is 0 Å². The molecule has 3 rings (SSSR count). The van der Waals surface area contributed by atoms with Gasteiger partial charge in [-0.05, 0) is 23.8 Å². The van der Waals surface area contributed by atoms with Crippen LogP contribution in [-0.4, -0.2) is 34.7 Å². The number of carbonyl (C=O) groups excluding carboxylic acids is 1. The first-order valence-corrected chi connectivity index (χ1v) is 8.85. The van der Waals surface area contributed by atoms with Gasteiger partial charge in [-0.3, -0.25) is 4.90 Å². The Balaban J connectivity index is 1.61. The van der Waals surface area contributed by atoms with E-state index in [1.165, 1.54) is 24.2 Å². The van der Waals surface area contributed by atoms with Gasteiger partial charge in [0.25, 0.3) is 0 Å². The summed E-state index contributed by atoms with van der Waals surface area (Å²) < 4.78 is 5.35. The molecule has 1 amide bonds. The van der Waals surface area contributed by atoms with Crippen LogP contribution in [0.5, 0.6) is 0 Å². The summed E-state index contributed by atoms with van der Waals surface area (Å²) in [6.07, 6.45) is 6.07. The van der Waals surface area contributed by atoms with E-state index < -0.39 is 18.1 Å². The minimum Gasteiger partial charge on any atom is -0.480 e. The van der Waals surface area contributed by atoms with E-state index in [9.17, 15) is 14.7 Å². The summed E-state index contributed by atoms with van der Waals surface area (Å²) in [5, 5.41) is 9.48. The first kappa shape index (κ1) is 16.8. The van der Waals surface area contributed by atoms with Gasteiger partial charge in [-0.25, -0.2) is 9.59 Å². The molecule has 1 saturated carbocycles. The van der Waals surface area contributed by atoms with Crippen LogP contribution < -0.4 is 0 Å². The standard InChI is InChI=1S/C19H25NO4/c21-18(22)17-11-16(15-9-5-2-6-10-15)12-20(17)19(23)24-13-14-7-3-1-4-8-14/h1,3-4,7-8,15-17H,2,5-6,9-13H2,(H,21,22). The highest BCUT2D eigenvalue weighted by Crippen LogP contribution is 2.37. The first-order valence-electron chi connectivity index (χ1n) is 8.85. The minimum atomic E-state index is -0.926. The van der Waals surface area contributed by atoms with Gasteiger partial charge in [-0.2, -0.15) is 0 Å². The summed E-state index contributed by atoms with van der Waals surface area (Å²) in [4.78, 5) is 25.4. The average molecular weight is 331 g/mol. The number of aliphatic carboxylic acids is 1. The number of hydrogen-bond acceptors (Lipinski definition) is 3. The Kier molecular flexibility index (Phi) is 5.38. The molecule has 24 heavy (non-hydrogen) atoms. The molecular weight excluding hydrogens is 306 g/mol. The Morgan fingerprint density at radius 1 is 1.08 bits per heavy atom. The Bertz CT molecular complexity index is 568. The van der Waals surface area contributed by atoms with Crippen molar-refractivity contribution in [2.75, 3.05) is 6.54 Å². The van der Waals surface area contributed by atoms with E-state index >= 15 is 0 Å². The monoisotopic (exact) mass is 331 g/mol. The smallest absolute Gasteiger partial charge is 0.410 e. The molecule has 1 saturated heterocycles. The molecule has 2 atom stereocenters. The molecule has 0 radical (unpaired) electrons. The summed E-state index contributed by atoms with van der Waals surface area (Å²) in [7, 11) is 0. The van der Waals surface area contributed by atoms with Crippen molar-refractivity contribution in [3.8, 4) is 0 Å². The van der Waals surface area contributed by atoms with Crippen molar-refractivity contribution in [3.63, 3.8) is 0 Å². The maximum absolute atomic E-state index is 12.4. The fourth-order valence-corrected chi connectivity index (χ4v) is 4.05. The lowest BCUT2D eigenvalue weighted by Gasteiger charge is -2.27. The predicted octanol–water partition coefficient (Wildman–Crippen LogP) is 3.68. The second kappa shape index (κ2) is 7.69. The molecular formula is C19H25NO4. The number of carboxylic acid groups (broad SMARTS) is 1. The van der Waals surface area contributed by atoms with Crippen LogP contribution in [0.15, 0.2) is 30.3 Å². The van der Waals surface area contributed by atoms with Crippen LogP contribution in [0.3, 0.4) is 0 Å². The quantitative estimate of drug-likeness (QED) is 0.914. The van der Waals surface area contributed by atoms with Crippen LogP contribution in [0.25, 0.3) is 0 Å². The third-order valence-corrected chi connectivity index (χ3v) is 5.37. The van der Waals surface area contributed by atoms with E-state index in [1.54, 1.807) is 0 Å². The molecule has 5 nitrogen and oxygen atoms in total. The molecule has 5 heteroatoms. The molecule has 1 aliphatic heterocycles. The lowest BCUT2D eigenvalue weighted by molar-refractivity contribution is -0.141. The molecule has 0 spiro atoms. The number of amides is 1. The third kappa shape index (κ3) is 3.89. The predicted molar refractivity (Wildman–Crippen MR) is 89.4 cm³/mol. The highest BCUT2D eigenvalue weighted by Gasteiger charge is 2.43. The van der Waals surface area contributed by atoms with Crippen LogP contribution in [0.4, 0.5) is 4.79 Å². The zero-order chi connectivity index (χ0) is 16.9. The van der Waals surface area contributed by atoms with Crippen LogP contribution >= 0.6 is 0 Å².